The molecule has 3 rings (SSSR count). The molecule has 0 saturated carbocycles. The summed E-state index contributed by atoms with van der Waals surface area (Å²) in [5.41, 5.74) is 6.07. The van der Waals surface area contributed by atoms with Crippen molar-refractivity contribution in [3.8, 4) is 16.8 Å². The SMILES string of the molecule is CCCc1[nH]n(-c2ccc(C)c(C)c2)c(=O)c1-c1ccccc1. The second kappa shape index (κ2) is 6.29. The minimum Gasteiger partial charge on any atom is -0.294 e. The van der Waals surface area contributed by atoms with Gasteiger partial charge in [-0.25, -0.2) is 4.68 Å². The highest BCUT2D eigenvalue weighted by molar-refractivity contribution is 5.65. The normalized spacial score (nSPS) is 10.9. The predicted octanol–water partition coefficient (Wildman–Crippen LogP) is 4.40. The summed E-state index contributed by atoms with van der Waals surface area (Å²) in [6.07, 6.45) is 1.85. The maximum absolute atomic E-state index is 13.0. The largest absolute Gasteiger partial charge is 0.294 e. The van der Waals surface area contributed by atoms with Crippen molar-refractivity contribution in [3.05, 3.63) is 75.7 Å². The van der Waals surface area contributed by atoms with Crippen molar-refractivity contribution in [2.45, 2.75) is 33.6 Å². The molecule has 1 N–H and O–H groups in total. The van der Waals surface area contributed by atoms with Crippen LogP contribution in [0.5, 0.6) is 0 Å². The van der Waals surface area contributed by atoms with E-state index in [1.54, 1.807) is 4.68 Å². The fourth-order valence-corrected chi connectivity index (χ4v) is 2.86. The number of aromatic amines is 1. The predicted molar refractivity (Wildman–Crippen MR) is 95.3 cm³/mol. The van der Waals surface area contributed by atoms with E-state index in [-0.39, 0.29) is 5.56 Å². The van der Waals surface area contributed by atoms with Crippen molar-refractivity contribution in [2.75, 3.05) is 0 Å². The zero-order valence-corrected chi connectivity index (χ0v) is 13.9. The van der Waals surface area contributed by atoms with E-state index in [0.717, 1.165) is 35.3 Å². The lowest BCUT2D eigenvalue weighted by molar-refractivity contribution is 0.793. The van der Waals surface area contributed by atoms with E-state index >= 15 is 0 Å². The van der Waals surface area contributed by atoms with Gasteiger partial charge in [-0.1, -0.05) is 49.7 Å². The number of hydrogen-bond acceptors (Lipinski definition) is 1. The van der Waals surface area contributed by atoms with Gasteiger partial charge in [-0.2, -0.15) is 0 Å². The highest BCUT2D eigenvalue weighted by atomic mass is 16.1. The summed E-state index contributed by atoms with van der Waals surface area (Å²) in [6.45, 7) is 6.27. The van der Waals surface area contributed by atoms with Crippen LogP contribution in [0.3, 0.4) is 0 Å². The Morgan fingerprint density at radius 1 is 1.00 bits per heavy atom. The molecule has 118 valence electrons. The second-order valence-electron chi connectivity index (χ2n) is 5.99. The Balaban J connectivity index is 2.20. The number of nitrogens with zero attached hydrogens (tertiary/aromatic N) is 1. The molecule has 3 nitrogen and oxygen atoms in total. The molecule has 3 heteroatoms. The summed E-state index contributed by atoms with van der Waals surface area (Å²) in [5.74, 6) is 0. The van der Waals surface area contributed by atoms with Crippen LogP contribution >= 0.6 is 0 Å². The number of aryl methyl sites for hydroxylation is 3. The molecule has 0 atom stereocenters. The topological polar surface area (TPSA) is 37.8 Å². The highest BCUT2D eigenvalue weighted by Gasteiger charge is 2.16. The van der Waals surface area contributed by atoms with Gasteiger partial charge in [0.15, 0.2) is 0 Å². The van der Waals surface area contributed by atoms with Crippen LogP contribution in [0.15, 0.2) is 53.3 Å². The first kappa shape index (κ1) is 15.3. The maximum Gasteiger partial charge on any atom is 0.279 e. The molecular weight excluding hydrogens is 284 g/mol. The fourth-order valence-electron chi connectivity index (χ4n) is 2.86. The molecule has 0 aliphatic heterocycles. The zero-order valence-electron chi connectivity index (χ0n) is 13.9. The van der Waals surface area contributed by atoms with E-state index in [4.69, 9.17) is 0 Å². The minimum absolute atomic E-state index is 0.0166. The Bertz CT molecular complexity index is 872. The monoisotopic (exact) mass is 306 g/mol. The van der Waals surface area contributed by atoms with Gasteiger partial charge in [0.05, 0.1) is 11.3 Å². The van der Waals surface area contributed by atoms with E-state index in [0.29, 0.717) is 0 Å². The summed E-state index contributed by atoms with van der Waals surface area (Å²) >= 11 is 0. The van der Waals surface area contributed by atoms with Gasteiger partial charge in [0.1, 0.15) is 0 Å². The standard InChI is InChI=1S/C20H22N2O/c1-4-8-18-19(16-9-6-5-7-10-16)20(23)22(21-18)17-12-11-14(2)15(3)13-17/h5-7,9-13,21H,4,8H2,1-3H3. The van der Waals surface area contributed by atoms with Crippen molar-refractivity contribution in [2.24, 2.45) is 0 Å². The lowest BCUT2D eigenvalue weighted by Gasteiger charge is -2.05. The molecule has 0 aliphatic carbocycles. The molecule has 3 aromatic rings. The van der Waals surface area contributed by atoms with Gasteiger partial charge in [-0.05, 0) is 49.1 Å². The molecule has 2 aromatic carbocycles. The third-order valence-corrected chi connectivity index (χ3v) is 4.28. The summed E-state index contributed by atoms with van der Waals surface area (Å²) in [5, 5.41) is 3.32. The average Bonchev–Trinajstić information content (AvgIpc) is 2.88. The molecule has 0 bridgehead atoms. The Morgan fingerprint density at radius 2 is 1.74 bits per heavy atom. The molecule has 1 heterocycles. The molecule has 0 fully saturated rings. The van der Waals surface area contributed by atoms with Crippen LogP contribution in [0.1, 0.15) is 30.2 Å². The first-order valence-electron chi connectivity index (χ1n) is 8.08. The van der Waals surface area contributed by atoms with Gasteiger partial charge in [0.2, 0.25) is 0 Å². The molecular formula is C20H22N2O. The third kappa shape index (κ3) is 2.87. The quantitative estimate of drug-likeness (QED) is 0.762. The van der Waals surface area contributed by atoms with Crippen LogP contribution in [-0.2, 0) is 6.42 Å². The summed E-state index contributed by atoms with van der Waals surface area (Å²) in [6, 6.07) is 16.0. The third-order valence-electron chi connectivity index (χ3n) is 4.28. The molecule has 1 aromatic heterocycles. The van der Waals surface area contributed by atoms with E-state index in [9.17, 15) is 4.79 Å². The van der Waals surface area contributed by atoms with Gasteiger partial charge in [0, 0.05) is 5.69 Å². The Hall–Kier alpha value is -2.55. The molecule has 0 spiro atoms. The van der Waals surface area contributed by atoms with Gasteiger partial charge in [-0.3, -0.25) is 9.89 Å². The van der Waals surface area contributed by atoms with Crippen LogP contribution in [0.4, 0.5) is 0 Å². The van der Waals surface area contributed by atoms with Gasteiger partial charge < -0.3 is 0 Å². The van der Waals surface area contributed by atoms with Gasteiger partial charge in [0.25, 0.3) is 5.56 Å². The highest BCUT2D eigenvalue weighted by Crippen LogP contribution is 2.22. The lowest BCUT2D eigenvalue weighted by atomic mass is 10.0. The number of benzene rings is 2. The van der Waals surface area contributed by atoms with E-state index < -0.39 is 0 Å². The number of nitrogens with one attached hydrogen (secondary N) is 1. The van der Waals surface area contributed by atoms with Crippen LogP contribution in [0, 0.1) is 13.8 Å². The summed E-state index contributed by atoms with van der Waals surface area (Å²) < 4.78 is 1.67. The molecule has 0 saturated heterocycles. The van der Waals surface area contributed by atoms with Crippen molar-refractivity contribution in [1.82, 2.24) is 9.78 Å². The van der Waals surface area contributed by atoms with Crippen molar-refractivity contribution >= 4 is 0 Å². The lowest BCUT2D eigenvalue weighted by Crippen LogP contribution is -2.15. The molecule has 23 heavy (non-hydrogen) atoms. The number of hydrogen-bond donors (Lipinski definition) is 1. The maximum atomic E-state index is 13.0. The van der Waals surface area contributed by atoms with E-state index in [2.05, 4.69) is 38.0 Å². The molecule has 0 amide bonds. The fraction of sp³-hybridized carbons (Fsp3) is 0.250. The summed E-state index contributed by atoms with van der Waals surface area (Å²) in [4.78, 5) is 13.0. The number of aromatic nitrogens is 2. The number of H-pyrrole nitrogens is 1. The van der Waals surface area contributed by atoms with E-state index in [1.165, 1.54) is 11.1 Å². The average molecular weight is 306 g/mol. The van der Waals surface area contributed by atoms with Gasteiger partial charge in [-0.15, -0.1) is 0 Å². The zero-order chi connectivity index (χ0) is 16.4. The summed E-state index contributed by atoms with van der Waals surface area (Å²) in [7, 11) is 0. The first-order chi connectivity index (χ1) is 11.1. The van der Waals surface area contributed by atoms with Crippen LogP contribution in [-0.4, -0.2) is 9.78 Å². The smallest absolute Gasteiger partial charge is 0.279 e. The Morgan fingerprint density at radius 3 is 2.39 bits per heavy atom. The van der Waals surface area contributed by atoms with E-state index in [1.807, 2.05) is 36.4 Å². The van der Waals surface area contributed by atoms with Gasteiger partial charge >= 0.3 is 0 Å². The van der Waals surface area contributed by atoms with Crippen molar-refractivity contribution in [3.63, 3.8) is 0 Å². The Kier molecular flexibility index (Phi) is 4.20. The van der Waals surface area contributed by atoms with Crippen LogP contribution in [0.25, 0.3) is 16.8 Å². The molecule has 0 aliphatic rings. The van der Waals surface area contributed by atoms with Crippen LogP contribution in [0.2, 0.25) is 0 Å². The Labute approximate surface area is 136 Å². The van der Waals surface area contributed by atoms with Crippen molar-refractivity contribution in [1.29, 1.82) is 0 Å². The van der Waals surface area contributed by atoms with Crippen LogP contribution < -0.4 is 5.56 Å². The minimum atomic E-state index is 0.0166. The molecule has 0 radical (unpaired) electrons. The van der Waals surface area contributed by atoms with Crippen molar-refractivity contribution < 1.29 is 0 Å². The number of rotatable bonds is 4. The second-order valence-corrected chi connectivity index (χ2v) is 5.99. The molecule has 0 unspecified atom stereocenters. The first-order valence-corrected chi connectivity index (χ1v) is 8.08.